The molecule has 0 aliphatic rings. The van der Waals surface area contributed by atoms with E-state index in [-0.39, 0.29) is 5.41 Å². The molecule has 0 heterocycles. The Morgan fingerprint density at radius 3 is 0.974 bits per heavy atom. The Labute approximate surface area is 252 Å². The summed E-state index contributed by atoms with van der Waals surface area (Å²) in [5, 5.41) is 0. The molecular formula is C35H36S4. The lowest BCUT2D eigenvalue weighted by atomic mass is 9.78. The van der Waals surface area contributed by atoms with Crippen LogP contribution in [0.3, 0.4) is 0 Å². The summed E-state index contributed by atoms with van der Waals surface area (Å²) < 4.78 is 0. The zero-order valence-corrected chi connectivity index (χ0v) is 26.0. The van der Waals surface area contributed by atoms with Crippen molar-refractivity contribution in [1.82, 2.24) is 0 Å². The van der Waals surface area contributed by atoms with Crippen LogP contribution in [0, 0.1) is 0 Å². The standard InChI is InChI=1S/C35H36S4/c1-5-27-7-15-31(16-8-27)36-23-25-38-33-19-11-29(12-20-33)35(3,4)30-13-21-34(22-14-30)39-26-24-37-32-17-9-28(6-2)10-18-32/h5-22H,1-2,23-26H2,3-4H3. The van der Waals surface area contributed by atoms with Crippen LogP contribution in [0.25, 0.3) is 12.2 Å². The van der Waals surface area contributed by atoms with E-state index in [1.54, 1.807) is 0 Å². The fourth-order valence-corrected chi connectivity index (χ4v) is 7.73. The zero-order chi connectivity index (χ0) is 27.5. The third-order valence-corrected chi connectivity index (χ3v) is 11.2. The van der Waals surface area contributed by atoms with E-state index >= 15 is 0 Å². The molecule has 0 nitrogen and oxygen atoms in total. The van der Waals surface area contributed by atoms with E-state index in [9.17, 15) is 0 Å². The first-order valence-corrected chi connectivity index (χ1v) is 17.1. The summed E-state index contributed by atoms with van der Waals surface area (Å²) in [6, 6.07) is 35.5. The summed E-state index contributed by atoms with van der Waals surface area (Å²) >= 11 is 7.68. The Balaban J connectivity index is 1.22. The van der Waals surface area contributed by atoms with Crippen LogP contribution >= 0.6 is 47.0 Å². The number of hydrogen-bond donors (Lipinski definition) is 0. The minimum atomic E-state index is -0.0344. The fourth-order valence-electron chi connectivity index (χ4n) is 4.14. The second-order valence-electron chi connectivity index (χ2n) is 9.61. The monoisotopic (exact) mass is 584 g/mol. The molecular weight excluding hydrogens is 549 g/mol. The van der Waals surface area contributed by atoms with Crippen LogP contribution in [-0.2, 0) is 5.41 Å². The summed E-state index contributed by atoms with van der Waals surface area (Å²) in [5.74, 6) is 4.38. The Morgan fingerprint density at radius 1 is 0.462 bits per heavy atom. The van der Waals surface area contributed by atoms with Gasteiger partial charge in [0.1, 0.15) is 0 Å². The molecule has 0 spiro atoms. The molecule has 0 aliphatic carbocycles. The second-order valence-corrected chi connectivity index (χ2v) is 14.3. The molecule has 0 N–H and O–H groups in total. The molecule has 0 unspecified atom stereocenters. The highest BCUT2D eigenvalue weighted by Crippen LogP contribution is 2.34. The van der Waals surface area contributed by atoms with Gasteiger partial charge in [0.05, 0.1) is 0 Å². The Morgan fingerprint density at radius 2 is 0.718 bits per heavy atom. The SMILES string of the molecule is C=Cc1ccc(SCCSc2ccc(C(C)(C)c3ccc(SCCSc4ccc(C=C)cc4)cc3)cc2)cc1. The fraction of sp³-hybridized carbons (Fsp3) is 0.200. The molecule has 0 amide bonds. The van der Waals surface area contributed by atoms with Gasteiger partial charge >= 0.3 is 0 Å². The van der Waals surface area contributed by atoms with Crippen molar-refractivity contribution in [3.63, 3.8) is 0 Å². The van der Waals surface area contributed by atoms with Gasteiger partial charge in [0, 0.05) is 48.0 Å². The van der Waals surface area contributed by atoms with Gasteiger partial charge in [0.25, 0.3) is 0 Å². The largest absolute Gasteiger partial charge is 0.125 e. The first-order chi connectivity index (χ1) is 19.0. The van der Waals surface area contributed by atoms with Gasteiger partial charge in [-0.05, 0) is 70.8 Å². The Kier molecular flexibility index (Phi) is 11.4. The van der Waals surface area contributed by atoms with E-state index in [0.29, 0.717) is 0 Å². The molecule has 0 aliphatic heterocycles. The van der Waals surface area contributed by atoms with Crippen molar-refractivity contribution >= 4 is 59.2 Å². The normalized spacial score (nSPS) is 11.3. The van der Waals surface area contributed by atoms with E-state index in [1.807, 2.05) is 59.2 Å². The first kappa shape index (κ1) is 29.7. The minimum Gasteiger partial charge on any atom is -0.125 e. The minimum absolute atomic E-state index is 0.0344. The summed E-state index contributed by atoms with van der Waals surface area (Å²) in [5.41, 5.74) is 5.00. The maximum absolute atomic E-state index is 3.82. The van der Waals surface area contributed by atoms with E-state index in [4.69, 9.17) is 0 Å². The van der Waals surface area contributed by atoms with Gasteiger partial charge in [-0.1, -0.05) is 87.7 Å². The second kappa shape index (κ2) is 14.9. The smallest absolute Gasteiger partial charge is 0.0146 e. The average molecular weight is 585 g/mol. The molecule has 39 heavy (non-hydrogen) atoms. The number of hydrogen-bond acceptors (Lipinski definition) is 4. The summed E-state index contributed by atoms with van der Waals surface area (Å²) in [4.78, 5) is 5.30. The molecule has 4 aromatic rings. The predicted octanol–water partition coefficient (Wildman–Crippen LogP) is 11.1. The maximum atomic E-state index is 3.82. The molecule has 4 rings (SSSR count). The molecule has 200 valence electrons. The lowest BCUT2D eigenvalue weighted by molar-refractivity contribution is 0.639. The molecule has 4 aromatic carbocycles. The van der Waals surface area contributed by atoms with Gasteiger partial charge in [-0.2, -0.15) is 0 Å². The summed E-state index contributed by atoms with van der Waals surface area (Å²) in [6.07, 6.45) is 3.77. The number of benzene rings is 4. The van der Waals surface area contributed by atoms with E-state index in [0.717, 1.165) is 23.0 Å². The average Bonchev–Trinajstić information content (AvgIpc) is 2.98. The lowest BCUT2D eigenvalue weighted by Gasteiger charge is -2.26. The highest BCUT2D eigenvalue weighted by Gasteiger charge is 2.23. The van der Waals surface area contributed by atoms with Crippen LogP contribution < -0.4 is 0 Å². The van der Waals surface area contributed by atoms with Crippen molar-refractivity contribution in [2.75, 3.05) is 23.0 Å². The molecule has 4 heteroatoms. The Bertz CT molecular complexity index is 1210. The molecule has 0 aromatic heterocycles. The van der Waals surface area contributed by atoms with Crippen LogP contribution in [0.5, 0.6) is 0 Å². The van der Waals surface area contributed by atoms with Crippen LogP contribution in [0.1, 0.15) is 36.1 Å². The third kappa shape index (κ3) is 8.88. The Hall–Kier alpha value is -2.24. The van der Waals surface area contributed by atoms with Crippen molar-refractivity contribution < 1.29 is 0 Å². The highest BCUT2D eigenvalue weighted by molar-refractivity contribution is 8.03. The van der Waals surface area contributed by atoms with Crippen molar-refractivity contribution in [1.29, 1.82) is 0 Å². The van der Waals surface area contributed by atoms with Gasteiger partial charge in [0.15, 0.2) is 0 Å². The molecule has 0 saturated heterocycles. The van der Waals surface area contributed by atoms with Crippen molar-refractivity contribution in [2.24, 2.45) is 0 Å². The third-order valence-electron chi connectivity index (χ3n) is 6.63. The van der Waals surface area contributed by atoms with Crippen molar-refractivity contribution in [3.05, 3.63) is 132 Å². The van der Waals surface area contributed by atoms with E-state index in [2.05, 4.69) is 124 Å². The van der Waals surface area contributed by atoms with Gasteiger partial charge in [-0.25, -0.2) is 0 Å². The molecule has 0 fully saturated rings. The van der Waals surface area contributed by atoms with Gasteiger partial charge in [-0.15, -0.1) is 47.0 Å². The summed E-state index contributed by atoms with van der Waals surface area (Å²) in [6.45, 7) is 12.3. The zero-order valence-electron chi connectivity index (χ0n) is 22.8. The molecule has 0 radical (unpaired) electrons. The van der Waals surface area contributed by atoms with Crippen molar-refractivity contribution in [3.8, 4) is 0 Å². The number of rotatable bonds is 14. The maximum Gasteiger partial charge on any atom is 0.0146 e. The summed E-state index contributed by atoms with van der Waals surface area (Å²) in [7, 11) is 0. The van der Waals surface area contributed by atoms with Gasteiger partial charge in [-0.3, -0.25) is 0 Å². The van der Waals surface area contributed by atoms with Crippen LogP contribution in [-0.4, -0.2) is 23.0 Å². The van der Waals surface area contributed by atoms with Crippen LogP contribution in [0.4, 0.5) is 0 Å². The van der Waals surface area contributed by atoms with Crippen LogP contribution in [0.2, 0.25) is 0 Å². The predicted molar refractivity (Wildman–Crippen MR) is 181 cm³/mol. The van der Waals surface area contributed by atoms with Crippen molar-refractivity contribution in [2.45, 2.75) is 38.8 Å². The molecule has 0 saturated carbocycles. The highest BCUT2D eigenvalue weighted by atomic mass is 32.2. The van der Waals surface area contributed by atoms with Gasteiger partial charge in [0.2, 0.25) is 0 Å². The van der Waals surface area contributed by atoms with E-state index in [1.165, 1.54) is 41.8 Å². The number of thioether (sulfide) groups is 4. The molecule has 0 bridgehead atoms. The van der Waals surface area contributed by atoms with E-state index < -0.39 is 0 Å². The van der Waals surface area contributed by atoms with Crippen LogP contribution in [0.15, 0.2) is 130 Å². The first-order valence-electron chi connectivity index (χ1n) is 13.2. The topological polar surface area (TPSA) is 0 Å². The lowest BCUT2D eigenvalue weighted by Crippen LogP contribution is -2.18. The quantitative estimate of drug-likeness (QED) is 0.107. The van der Waals surface area contributed by atoms with Gasteiger partial charge < -0.3 is 0 Å². The molecule has 0 atom stereocenters.